The monoisotopic (exact) mass is 329 g/mol. The van der Waals surface area contributed by atoms with E-state index in [2.05, 4.69) is 49.4 Å². The lowest BCUT2D eigenvalue weighted by Gasteiger charge is -2.27. The number of nitrogens with zero attached hydrogens (tertiary/aromatic N) is 1. The molecule has 0 spiro atoms. The molecule has 1 heteroatoms. The van der Waals surface area contributed by atoms with Gasteiger partial charge in [0, 0.05) is 0 Å². The quantitative estimate of drug-likeness (QED) is 0.550. The Labute approximate surface area is 152 Å². The van der Waals surface area contributed by atoms with Gasteiger partial charge in [0.1, 0.15) is 0 Å². The van der Waals surface area contributed by atoms with E-state index in [0.29, 0.717) is 11.5 Å². The van der Waals surface area contributed by atoms with Gasteiger partial charge in [0.05, 0.1) is 11.6 Å². The minimum atomic E-state index is 0.713. The molecule has 0 saturated heterocycles. The van der Waals surface area contributed by atoms with Crippen LogP contribution in [0.5, 0.6) is 0 Å². The number of allylic oxidation sites excluding steroid dienone is 2. The minimum absolute atomic E-state index is 0.713. The summed E-state index contributed by atoms with van der Waals surface area (Å²) in [5.74, 6) is 1.51. The highest BCUT2D eigenvalue weighted by Crippen LogP contribution is 2.37. The highest BCUT2D eigenvalue weighted by molar-refractivity contribution is 5.64. The van der Waals surface area contributed by atoms with Crippen LogP contribution in [0, 0.1) is 17.2 Å². The lowest BCUT2D eigenvalue weighted by Crippen LogP contribution is -2.11. The molecule has 0 heterocycles. The van der Waals surface area contributed by atoms with E-state index in [-0.39, 0.29) is 0 Å². The van der Waals surface area contributed by atoms with Crippen molar-refractivity contribution >= 4 is 0 Å². The van der Waals surface area contributed by atoms with E-state index in [0.717, 1.165) is 5.92 Å². The SMILES string of the molecule is CCC/C=C/C1CCC(c2ccc(-c3ccc(C#N)cc3)cc2)CC1. The van der Waals surface area contributed by atoms with Crippen LogP contribution in [0.3, 0.4) is 0 Å². The number of hydrogen-bond acceptors (Lipinski definition) is 1. The lowest BCUT2D eigenvalue weighted by molar-refractivity contribution is 0.375. The molecule has 0 N–H and O–H groups in total. The molecule has 1 aliphatic rings. The van der Waals surface area contributed by atoms with Gasteiger partial charge in [-0.15, -0.1) is 0 Å². The molecule has 25 heavy (non-hydrogen) atoms. The summed E-state index contributed by atoms with van der Waals surface area (Å²) in [6.07, 6.45) is 12.5. The maximum Gasteiger partial charge on any atom is 0.0991 e. The summed E-state index contributed by atoms with van der Waals surface area (Å²) in [5, 5.41) is 8.90. The van der Waals surface area contributed by atoms with Crippen LogP contribution in [-0.4, -0.2) is 0 Å². The van der Waals surface area contributed by atoms with Crippen molar-refractivity contribution in [2.24, 2.45) is 5.92 Å². The third-order valence-corrected chi connectivity index (χ3v) is 5.36. The Balaban J connectivity index is 1.60. The van der Waals surface area contributed by atoms with Crippen molar-refractivity contribution in [3.63, 3.8) is 0 Å². The summed E-state index contributed by atoms with van der Waals surface area (Å²) in [5.41, 5.74) is 4.60. The van der Waals surface area contributed by atoms with E-state index >= 15 is 0 Å². The van der Waals surface area contributed by atoms with Gasteiger partial charge in [0.2, 0.25) is 0 Å². The van der Waals surface area contributed by atoms with E-state index in [4.69, 9.17) is 5.26 Å². The van der Waals surface area contributed by atoms with Gasteiger partial charge in [-0.05, 0) is 72.8 Å². The molecular formula is C24H27N. The van der Waals surface area contributed by atoms with Gasteiger partial charge in [-0.3, -0.25) is 0 Å². The molecule has 0 radical (unpaired) electrons. The van der Waals surface area contributed by atoms with Gasteiger partial charge in [0.25, 0.3) is 0 Å². The topological polar surface area (TPSA) is 23.8 Å². The van der Waals surface area contributed by atoms with Crippen LogP contribution in [0.1, 0.15) is 62.5 Å². The van der Waals surface area contributed by atoms with Crippen LogP contribution in [0.4, 0.5) is 0 Å². The molecule has 1 saturated carbocycles. The summed E-state index contributed by atoms with van der Waals surface area (Å²) in [4.78, 5) is 0. The molecule has 3 rings (SSSR count). The third-order valence-electron chi connectivity index (χ3n) is 5.36. The lowest BCUT2D eigenvalue weighted by atomic mass is 9.78. The summed E-state index contributed by atoms with van der Waals surface area (Å²) in [7, 11) is 0. The molecule has 0 amide bonds. The fourth-order valence-electron chi connectivity index (χ4n) is 3.79. The first-order valence-corrected chi connectivity index (χ1v) is 9.57. The minimum Gasteiger partial charge on any atom is -0.192 e. The van der Waals surface area contributed by atoms with Crippen LogP contribution < -0.4 is 0 Å². The molecule has 0 bridgehead atoms. The average molecular weight is 329 g/mol. The van der Waals surface area contributed by atoms with Gasteiger partial charge >= 0.3 is 0 Å². The summed E-state index contributed by atoms with van der Waals surface area (Å²) in [6.45, 7) is 2.24. The fourth-order valence-corrected chi connectivity index (χ4v) is 3.79. The van der Waals surface area contributed by atoms with Crippen LogP contribution in [-0.2, 0) is 0 Å². The summed E-state index contributed by atoms with van der Waals surface area (Å²) >= 11 is 0. The van der Waals surface area contributed by atoms with E-state index < -0.39 is 0 Å². The Hall–Kier alpha value is -2.33. The van der Waals surface area contributed by atoms with Gasteiger partial charge in [-0.2, -0.15) is 5.26 Å². The van der Waals surface area contributed by atoms with Gasteiger partial charge in [0.15, 0.2) is 0 Å². The molecule has 0 aliphatic heterocycles. The van der Waals surface area contributed by atoms with Gasteiger partial charge in [-0.1, -0.05) is 61.9 Å². The molecule has 128 valence electrons. The van der Waals surface area contributed by atoms with E-state index in [9.17, 15) is 0 Å². The highest BCUT2D eigenvalue weighted by atomic mass is 14.3. The van der Waals surface area contributed by atoms with Crippen LogP contribution in [0.2, 0.25) is 0 Å². The standard InChI is InChI=1S/C24H27N/c1-2-3-4-5-19-6-10-21(11-7-19)23-14-16-24(17-15-23)22-12-8-20(18-25)9-13-22/h4-5,8-9,12-17,19,21H,2-3,6-7,10-11H2,1H3/b5-4+. The largest absolute Gasteiger partial charge is 0.192 e. The fraction of sp³-hybridized carbons (Fsp3) is 0.375. The Bertz CT molecular complexity index is 723. The predicted molar refractivity (Wildman–Crippen MR) is 105 cm³/mol. The molecule has 1 aliphatic carbocycles. The molecule has 2 aromatic carbocycles. The Morgan fingerprint density at radius 3 is 2.08 bits per heavy atom. The Morgan fingerprint density at radius 2 is 1.52 bits per heavy atom. The van der Waals surface area contributed by atoms with E-state index in [1.807, 2.05) is 24.3 Å². The normalized spacial score (nSPS) is 20.5. The first-order valence-electron chi connectivity index (χ1n) is 9.57. The highest BCUT2D eigenvalue weighted by Gasteiger charge is 2.20. The maximum absolute atomic E-state index is 8.90. The summed E-state index contributed by atoms with van der Waals surface area (Å²) < 4.78 is 0. The molecule has 0 unspecified atom stereocenters. The van der Waals surface area contributed by atoms with E-state index in [1.165, 1.54) is 55.2 Å². The second kappa shape index (κ2) is 8.67. The smallest absolute Gasteiger partial charge is 0.0991 e. The van der Waals surface area contributed by atoms with Crippen molar-refractivity contribution in [3.05, 3.63) is 71.8 Å². The van der Waals surface area contributed by atoms with Crippen LogP contribution in [0.25, 0.3) is 11.1 Å². The zero-order chi connectivity index (χ0) is 17.5. The molecule has 2 aromatic rings. The number of hydrogen-bond donors (Lipinski definition) is 0. The molecule has 0 aromatic heterocycles. The zero-order valence-electron chi connectivity index (χ0n) is 15.1. The van der Waals surface area contributed by atoms with Crippen molar-refractivity contribution in [1.29, 1.82) is 5.26 Å². The second-order valence-corrected chi connectivity index (χ2v) is 7.14. The van der Waals surface area contributed by atoms with Crippen molar-refractivity contribution in [1.82, 2.24) is 0 Å². The van der Waals surface area contributed by atoms with Crippen molar-refractivity contribution < 1.29 is 0 Å². The first-order chi connectivity index (χ1) is 12.3. The predicted octanol–water partition coefficient (Wildman–Crippen LogP) is 6.86. The maximum atomic E-state index is 8.90. The van der Waals surface area contributed by atoms with E-state index in [1.54, 1.807) is 0 Å². The molecule has 1 fully saturated rings. The number of benzene rings is 2. The van der Waals surface area contributed by atoms with Crippen molar-refractivity contribution in [2.75, 3.05) is 0 Å². The first kappa shape index (κ1) is 17.5. The molecular weight excluding hydrogens is 302 g/mol. The number of rotatable bonds is 5. The van der Waals surface area contributed by atoms with Crippen LogP contribution >= 0.6 is 0 Å². The molecule has 1 nitrogen and oxygen atoms in total. The zero-order valence-corrected chi connectivity index (χ0v) is 15.1. The Kier molecular flexibility index (Phi) is 6.07. The van der Waals surface area contributed by atoms with Gasteiger partial charge in [-0.25, -0.2) is 0 Å². The Morgan fingerprint density at radius 1 is 0.920 bits per heavy atom. The molecule has 0 atom stereocenters. The third kappa shape index (κ3) is 4.60. The summed E-state index contributed by atoms with van der Waals surface area (Å²) in [6, 6.07) is 19.0. The van der Waals surface area contributed by atoms with Crippen molar-refractivity contribution in [3.8, 4) is 17.2 Å². The van der Waals surface area contributed by atoms with Crippen molar-refractivity contribution in [2.45, 2.75) is 51.4 Å². The number of nitriles is 1. The average Bonchev–Trinajstić information content (AvgIpc) is 2.69. The number of unbranched alkanes of at least 4 members (excludes halogenated alkanes) is 1. The van der Waals surface area contributed by atoms with Gasteiger partial charge < -0.3 is 0 Å². The van der Waals surface area contributed by atoms with Crippen LogP contribution in [0.15, 0.2) is 60.7 Å². The second-order valence-electron chi connectivity index (χ2n) is 7.14.